The van der Waals surface area contributed by atoms with E-state index in [1.54, 1.807) is 6.92 Å². The van der Waals surface area contributed by atoms with Gasteiger partial charge in [0.15, 0.2) is 0 Å². The van der Waals surface area contributed by atoms with Gasteiger partial charge in [0.05, 0.1) is 0 Å². The summed E-state index contributed by atoms with van der Waals surface area (Å²) in [6.45, 7) is 1.67. The van der Waals surface area contributed by atoms with E-state index in [4.69, 9.17) is 5.41 Å². The largest absolute Gasteiger partial charge is 0.313 e. The first-order valence-electron chi connectivity index (χ1n) is 0.866. The number of rotatable bonds is 0. The van der Waals surface area contributed by atoms with E-state index in [9.17, 15) is 0 Å². The van der Waals surface area contributed by atoms with E-state index in [1.807, 2.05) is 0 Å². The third kappa shape index (κ3) is 6.88. The van der Waals surface area contributed by atoms with E-state index >= 15 is 0 Å². The molecule has 0 radical (unpaired) electrons. The van der Waals surface area contributed by atoms with Crippen molar-refractivity contribution in [3.63, 3.8) is 0 Å². The Morgan fingerprint density at radius 1 is 1.75 bits per heavy atom. The zero-order valence-corrected chi connectivity index (χ0v) is 2.08. The van der Waals surface area contributed by atoms with Crippen LogP contribution in [-0.4, -0.2) is 6.21 Å². The average molecular weight is 59.1 g/mol. The van der Waals surface area contributed by atoms with Gasteiger partial charge in [-0.1, -0.05) is 7.43 Å². The molecule has 0 aliphatic heterocycles. The van der Waals surface area contributed by atoms with Gasteiger partial charge in [-0.3, -0.25) is 0 Å². The highest BCUT2D eigenvalue weighted by Gasteiger charge is 1.17. The van der Waals surface area contributed by atoms with E-state index in [0.29, 0.717) is 0 Å². The summed E-state index contributed by atoms with van der Waals surface area (Å²) in [6, 6.07) is 0. The Morgan fingerprint density at radius 3 is 1.75 bits per heavy atom. The first-order chi connectivity index (χ1) is 1.41. The minimum Gasteiger partial charge on any atom is -0.313 e. The van der Waals surface area contributed by atoms with Crippen LogP contribution in [0.3, 0.4) is 0 Å². The monoisotopic (exact) mass is 59.1 g/mol. The van der Waals surface area contributed by atoms with Crippen LogP contribution in [0.2, 0.25) is 0 Å². The molecule has 0 bridgehead atoms. The van der Waals surface area contributed by atoms with Crippen molar-refractivity contribution in [2.75, 3.05) is 0 Å². The Kier molecular flexibility index (Phi) is 38.9. The van der Waals surface area contributed by atoms with Crippen molar-refractivity contribution < 1.29 is 0 Å². The van der Waals surface area contributed by atoms with Gasteiger partial charge >= 0.3 is 0 Å². The van der Waals surface area contributed by atoms with Gasteiger partial charge in [-0.15, -0.1) is 0 Å². The van der Waals surface area contributed by atoms with E-state index < -0.39 is 0 Å². The van der Waals surface area contributed by atoms with Crippen molar-refractivity contribution in [1.82, 2.24) is 0 Å². The smallest absolute Gasteiger partial charge is 0.00788 e. The Hall–Kier alpha value is -0.330. The van der Waals surface area contributed by atoms with Crippen LogP contribution in [0.1, 0.15) is 14.4 Å². The summed E-state index contributed by atoms with van der Waals surface area (Å²) >= 11 is 0. The maximum absolute atomic E-state index is 6.08. The normalized spacial score (nSPS) is 3.25. The van der Waals surface area contributed by atoms with Crippen molar-refractivity contribution in [2.45, 2.75) is 14.4 Å². The molecular formula is C3H9N. The molecule has 4 heavy (non-hydrogen) atoms. The fourth-order valence-corrected chi connectivity index (χ4v) is 0. The van der Waals surface area contributed by atoms with Crippen molar-refractivity contribution in [2.24, 2.45) is 0 Å². The summed E-state index contributed by atoms with van der Waals surface area (Å²) < 4.78 is 0. The van der Waals surface area contributed by atoms with Gasteiger partial charge in [0.2, 0.25) is 0 Å². The van der Waals surface area contributed by atoms with Gasteiger partial charge in [-0.05, 0) is 13.1 Å². The van der Waals surface area contributed by atoms with Gasteiger partial charge in [0.25, 0.3) is 0 Å². The summed E-state index contributed by atoms with van der Waals surface area (Å²) in [5.74, 6) is 0. The molecule has 1 heteroatoms. The molecule has 1 N–H and O–H groups in total. The van der Waals surface area contributed by atoms with Crippen LogP contribution in [0.25, 0.3) is 0 Å². The minimum atomic E-state index is 0. The topological polar surface area (TPSA) is 23.9 Å². The first kappa shape index (κ1) is 9.38. The SMILES string of the molecule is C.CC=N. The molecular weight excluding hydrogens is 50.0 g/mol. The van der Waals surface area contributed by atoms with Gasteiger partial charge in [-0.25, -0.2) is 0 Å². The van der Waals surface area contributed by atoms with Crippen molar-refractivity contribution in [1.29, 1.82) is 5.41 Å². The summed E-state index contributed by atoms with van der Waals surface area (Å²) in [5.41, 5.74) is 0. The van der Waals surface area contributed by atoms with Crippen molar-refractivity contribution >= 4 is 6.21 Å². The molecule has 0 aliphatic carbocycles. The van der Waals surface area contributed by atoms with Crippen molar-refractivity contribution in [3.05, 3.63) is 0 Å². The second-order valence-corrected chi connectivity index (χ2v) is 0.289. The van der Waals surface area contributed by atoms with Crippen LogP contribution >= 0.6 is 0 Å². The molecule has 0 unspecified atom stereocenters. The zero-order valence-electron chi connectivity index (χ0n) is 2.08. The molecule has 0 amide bonds. The fraction of sp³-hybridized carbons (Fsp3) is 0.667. The molecule has 0 aromatic rings. The molecule has 0 aromatic carbocycles. The number of hydrogen-bond donors (Lipinski definition) is 1. The minimum absolute atomic E-state index is 0. The lowest BCUT2D eigenvalue weighted by Gasteiger charge is -1.30. The maximum Gasteiger partial charge on any atom is -0.00788 e. The van der Waals surface area contributed by atoms with Gasteiger partial charge in [0, 0.05) is 0 Å². The predicted molar refractivity (Wildman–Crippen MR) is 21.2 cm³/mol. The molecule has 0 saturated heterocycles. The lowest BCUT2D eigenvalue weighted by molar-refractivity contribution is 1.55. The molecule has 0 heterocycles. The Bertz CT molecular complexity index is 10.8. The molecule has 0 aromatic heterocycles. The first-order valence-corrected chi connectivity index (χ1v) is 0.866. The molecule has 0 rings (SSSR count). The predicted octanol–water partition coefficient (Wildman–Crippen LogP) is 1.29. The van der Waals surface area contributed by atoms with Gasteiger partial charge < -0.3 is 5.41 Å². The quantitative estimate of drug-likeness (QED) is 0.406. The van der Waals surface area contributed by atoms with E-state index in [1.165, 1.54) is 6.21 Å². The highest BCUT2D eigenvalue weighted by molar-refractivity contribution is 5.48. The molecule has 0 spiro atoms. The fourth-order valence-electron chi connectivity index (χ4n) is 0. The molecule has 26 valence electrons. The highest BCUT2D eigenvalue weighted by Crippen LogP contribution is 1.16. The van der Waals surface area contributed by atoms with Gasteiger partial charge in [-0.2, -0.15) is 0 Å². The average Bonchev–Trinajstić information content (AvgIpc) is 0.918. The third-order valence-electron chi connectivity index (χ3n) is 0. The third-order valence-corrected chi connectivity index (χ3v) is 0. The van der Waals surface area contributed by atoms with E-state index in [-0.39, 0.29) is 7.43 Å². The van der Waals surface area contributed by atoms with Crippen LogP contribution in [0, 0.1) is 5.41 Å². The van der Waals surface area contributed by atoms with Crippen LogP contribution in [0.15, 0.2) is 0 Å². The Morgan fingerprint density at radius 2 is 1.75 bits per heavy atom. The molecule has 0 saturated carbocycles. The van der Waals surface area contributed by atoms with E-state index in [0.717, 1.165) is 0 Å². The van der Waals surface area contributed by atoms with E-state index in [2.05, 4.69) is 0 Å². The van der Waals surface area contributed by atoms with Crippen LogP contribution < -0.4 is 0 Å². The number of hydrogen-bond acceptors (Lipinski definition) is 1. The van der Waals surface area contributed by atoms with Crippen LogP contribution in [-0.2, 0) is 0 Å². The lowest BCUT2D eigenvalue weighted by Crippen LogP contribution is -1.32. The molecule has 0 fully saturated rings. The number of nitrogens with one attached hydrogen (secondary N) is 1. The second kappa shape index (κ2) is 16.6. The van der Waals surface area contributed by atoms with Crippen LogP contribution in [0.4, 0.5) is 0 Å². The molecule has 1 nitrogen and oxygen atoms in total. The standard InChI is InChI=1S/C2H5N.CH4/c1-2-3;/h2-3H,1H3;1H4. The summed E-state index contributed by atoms with van der Waals surface area (Å²) in [6.07, 6.45) is 1.25. The highest BCUT2D eigenvalue weighted by atomic mass is 14.3. The molecule has 0 atom stereocenters. The lowest BCUT2D eigenvalue weighted by atomic mass is 10.9. The van der Waals surface area contributed by atoms with Gasteiger partial charge in [0.1, 0.15) is 0 Å². The summed E-state index contributed by atoms with van der Waals surface area (Å²) in [4.78, 5) is 0. The maximum atomic E-state index is 6.08. The van der Waals surface area contributed by atoms with Crippen molar-refractivity contribution in [3.8, 4) is 0 Å². The second-order valence-electron chi connectivity index (χ2n) is 0.289. The Balaban J connectivity index is 0. The summed E-state index contributed by atoms with van der Waals surface area (Å²) in [5, 5.41) is 6.08. The Labute approximate surface area is 27.2 Å². The molecule has 0 aliphatic rings. The summed E-state index contributed by atoms with van der Waals surface area (Å²) in [7, 11) is 0. The zero-order chi connectivity index (χ0) is 2.71. The van der Waals surface area contributed by atoms with Crippen LogP contribution in [0.5, 0.6) is 0 Å².